The highest BCUT2D eigenvalue weighted by Crippen LogP contribution is 2.23. The van der Waals surface area contributed by atoms with E-state index in [1.165, 1.54) is 31.2 Å². The van der Waals surface area contributed by atoms with Gasteiger partial charge in [-0.2, -0.15) is 0 Å². The second-order valence-electron chi connectivity index (χ2n) is 4.51. The Morgan fingerprint density at radius 2 is 2.06 bits per heavy atom. The molecule has 2 heteroatoms. The first kappa shape index (κ1) is 11.3. The minimum Gasteiger partial charge on any atom is -0.307 e. The highest BCUT2D eigenvalue weighted by molar-refractivity contribution is 5.16. The summed E-state index contributed by atoms with van der Waals surface area (Å²) >= 11 is 0. The molecule has 1 aliphatic carbocycles. The summed E-state index contributed by atoms with van der Waals surface area (Å²) in [7, 11) is 0. The zero-order valence-electron chi connectivity index (χ0n) is 9.73. The summed E-state index contributed by atoms with van der Waals surface area (Å²) in [4.78, 5) is 4.07. The van der Waals surface area contributed by atoms with Crippen molar-refractivity contribution < 1.29 is 0 Å². The molecule has 0 bridgehead atoms. The van der Waals surface area contributed by atoms with Crippen LogP contribution in [0.5, 0.6) is 0 Å². The molecule has 1 heterocycles. The number of nitrogens with zero attached hydrogens (tertiary/aromatic N) is 1. The molecule has 1 unspecified atom stereocenters. The summed E-state index contributed by atoms with van der Waals surface area (Å²) in [5.74, 6) is 0. The second kappa shape index (κ2) is 5.80. The monoisotopic (exact) mass is 216 g/mol. The van der Waals surface area contributed by atoms with E-state index in [0.29, 0.717) is 12.1 Å². The van der Waals surface area contributed by atoms with E-state index in [2.05, 4.69) is 29.0 Å². The molecule has 1 aromatic rings. The Hall–Kier alpha value is -1.15. The largest absolute Gasteiger partial charge is 0.307 e. The molecular formula is C14H20N2. The van der Waals surface area contributed by atoms with E-state index < -0.39 is 0 Å². The lowest BCUT2D eigenvalue weighted by atomic mass is 10.0. The first-order valence-corrected chi connectivity index (χ1v) is 6.17. The summed E-state index contributed by atoms with van der Waals surface area (Å²) < 4.78 is 0. The SMILES string of the molecule is C=CCC(NC1CCCC1)c1ccncc1. The molecule has 2 nitrogen and oxygen atoms in total. The quantitative estimate of drug-likeness (QED) is 0.764. The van der Waals surface area contributed by atoms with E-state index in [-0.39, 0.29) is 0 Å². The molecule has 1 aliphatic rings. The third-order valence-corrected chi connectivity index (χ3v) is 3.30. The summed E-state index contributed by atoms with van der Waals surface area (Å²) in [6, 6.07) is 5.29. The molecule has 0 radical (unpaired) electrons. The van der Waals surface area contributed by atoms with Crippen molar-refractivity contribution in [2.24, 2.45) is 0 Å². The van der Waals surface area contributed by atoms with E-state index >= 15 is 0 Å². The van der Waals surface area contributed by atoms with E-state index in [0.717, 1.165) is 6.42 Å². The standard InChI is InChI=1S/C14H20N2/c1-2-5-14(12-8-10-15-11-9-12)16-13-6-3-4-7-13/h2,8-11,13-14,16H,1,3-7H2. The van der Waals surface area contributed by atoms with Crippen LogP contribution in [-0.4, -0.2) is 11.0 Å². The lowest BCUT2D eigenvalue weighted by Crippen LogP contribution is -2.30. The van der Waals surface area contributed by atoms with Crippen molar-refractivity contribution in [3.8, 4) is 0 Å². The van der Waals surface area contributed by atoms with Crippen molar-refractivity contribution in [1.82, 2.24) is 10.3 Å². The Kier molecular flexibility index (Phi) is 4.11. The van der Waals surface area contributed by atoms with E-state index in [1.54, 1.807) is 0 Å². The molecule has 1 N–H and O–H groups in total. The summed E-state index contributed by atoms with van der Waals surface area (Å²) in [6.45, 7) is 3.84. The number of rotatable bonds is 5. The van der Waals surface area contributed by atoms with Crippen LogP contribution in [0.1, 0.15) is 43.7 Å². The maximum absolute atomic E-state index is 4.07. The van der Waals surface area contributed by atoms with Crippen molar-refractivity contribution in [2.75, 3.05) is 0 Å². The Bertz CT molecular complexity index is 315. The van der Waals surface area contributed by atoms with Crippen LogP contribution in [0, 0.1) is 0 Å². The maximum atomic E-state index is 4.07. The predicted molar refractivity (Wildman–Crippen MR) is 67.2 cm³/mol. The average molecular weight is 216 g/mol. The van der Waals surface area contributed by atoms with Gasteiger partial charge in [0.2, 0.25) is 0 Å². The summed E-state index contributed by atoms with van der Waals surface area (Å²) in [6.07, 6.45) is 12.1. The lowest BCUT2D eigenvalue weighted by Gasteiger charge is -2.22. The first-order chi connectivity index (χ1) is 7.90. The van der Waals surface area contributed by atoms with Gasteiger partial charge < -0.3 is 5.32 Å². The summed E-state index contributed by atoms with van der Waals surface area (Å²) in [5.41, 5.74) is 1.32. The number of pyridine rings is 1. The molecule has 0 saturated heterocycles. The zero-order valence-corrected chi connectivity index (χ0v) is 9.73. The van der Waals surface area contributed by atoms with Gasteiger partial charge >= 0.3 is 0 Å². The van der Waals surface area contributed by atoms with Crippen molar-refractivity contribution in [2.45, 2.75) is 44.2 Å². The van der Waals surface area contributed by atoms with Gasteiger partial charge in [-0.1, -0.05) is 18.9 Å². The van der Waals surface area contributed by atoms with Crippen LogP contribution in [0.25, 0.3) is 0 Å². The summed E-state index contributed by atoms with van der Waals surface area (Å²) in [5, 5.41) is 3.73. The Balaban J connectivity index is 2.01. The molecule has 1 aromatic heterocycles. The first-order valence-electron chi connectivity index (χ1n) is 6.17. The average Bonchev–Trinajstić information content (AvgIpc) is 2.83. The van der Waals surface area contributed by atoms with Crippen molar-refractivity contribution in [3.05, 3.63) is 42.7 Å². The number of hydrogen-bond acceptors (Lipinski definition) is 2. The van der Waals surface area contributed by atoms with Gasteiger partial charge in [0.1, 0.15) is 0 Å². The molecule has 0 aliphatic heterocycles. The highest BCUT2D eigenvalue weighted by atomic mass is 15.0. The minimum absolute atomic E-state index is 0.406. The molecular weight excluding hydrogens is 196 g/mol. The van der Waals surface area contributed by atoms with Crippen LogP contribution in [0.15, 0.2) is 37.2 Å². The van der Waals surface area contributed by atoms with Crippen LogP contribution in [0.2, 0.25) is 0 Å². The van der Waals surface area contributed by atoms with Gasteiger partial charge in [-0.15, -0.1) is 6.58 Å². The fourth-order valence-electron chi connectivity index (χ4n) is 2.44. The molecule has 1 fully saturated rings. The molecule has 1 atom stereocenters. The van der Waals surface area contributed by atoms with E-state index in [9.17, 15) is 0 Å². The molecule has 1 saturated carbocycles. The van der Waals surface area contributed by atoms with E-state index in [1.807, 2.05) is 18.5 Å². The Labute approximate surface area is 97.8 Å². The fourth-order valence-corrected chi connectivity index (χ4v) is 2.44. The molecule has 0 aromatic carbocycles. The second-order valence-corrected chi connectivity index (χ2v) is 4.51. The fraction of sp³-hybridized carbons (Fsp3) is 0.500. The van der Waals surface area contributed by atoms with Gasteiger partial charge in [-0.3, -0.25) is 4.98 Å². The van der Waals surface area contributed by atoms with Crippen LogP contribution in [0.4, 0.5) is 0 Å². The molecule has 86 valence electrons. The van der Waals surface area contributed by atoms with Crippen molar-refractivity contribution in [3.63, 3.8) is 0 Å². The third kappa shape index (κ3) is 2.92. The van der Waals surface area contributed by atoms with Crippen LogP contribution in [-0.2, 0) is 0 Å². The third-order valence-electron chi connectivity index (χ3n) is 3.30. The molecule has 0 spiro atoms. The smallest absolute Gasteiger partial charge is 0.0358 e. The number of hydrogen-bond donors (Lipinski definition) is 1. The van der Waals surface area contributed by atoms with Crippen molar-refractivity contribution in [1.29, 1.82) is 0 Å². The van der Waals surface area contributed by atoms with E-state index in [4.69, 9.17) is 0 Å². The van der Waals surface area contributed by atoms with Gasteiger partial charge in [-0.25, -0.2) is 0 Å². The van der Waals surface area contributed by atoms with Gasteiger partial charge in [-0.05, 0) is 37.0 Å². The zero-order chi connectivity index (χ0) is 11.2. The highest BCUT2D eigenvalue weighted by Gasteiger charge is 2.19. The molecule has 16 heavy (non-hydrogen) atoms. The Morgan fingerprint density at radius 1 is 1.38 bits per heavy atom. The predicted octanol–water partition coefficient (Wildman–Crippen LogP) is 3.23. The molecule has 0 amide bonds. The van der Waals surface area contributed by atoms with Gasteiger partial charge in [0.25, 0.3) is 0 Å². The maximum Gasteiger partial charge on any atom is 0.0358 e. The number of nitrogens with one attached hydrogen (secondary N) is 1. The molecule has 2 rings (SSSR count). The van der Waals surface area contributed by atoms with Crippen LogP contribution < -0.4 is 5.32 Å². The van der Waals surface area contributed by atoms with Gasteiger partial charge in [0.05, 0.1) is 0 Å². The normalized spacial score (nSPS) is 18.5. The van der Waals surface area contributed by atoms with Crippen LogP contribution >= 0.6 is 0 Å². The topological polar surface area (TPSA) is 24.9 Å². The van der Waals surface area contributed by atoms with Crippen molar-refractivity contribution >= 4 is 0 Å². The lowest BCUT2D eigenvalue weighted by molar-refractivity contribution is 0.441. The van der Waals surface area contributed by atoms with Gasteiger partial charge in [0.15, 0.2) is 0 Å². The number of aromatic nitrogens is 1. The Morgan fingerprint density at radius 3 is 2.69 bits per heavy atom. The van der Waals surface area contributed by atoms with Gasteiger partial charge in [0, 0.05) is 24.5 Å². The minimum atomic E-state index is 0.406. The van der Waals surface area contributed by atoms with Crippen LogP contribution in [0.3, 0.4) is 0 Å².